The number of benzene rings is 1. The van der Waals surface area contributed by atoms with Crippen LogP contribution in [0.1, 0.15) is 58.3 Å². The summed E-state index contributed by atoms with van der Waals surface area (Å²) < 4.78 is 29.3. The predicted octanol–water partition coefficient (Wildman–Crippen LogP) is 2.75. The molecule has 1 atom stereocenters. The van der Waals surface area contributed by atoms with E-state index in [0.717, 1.165) is 44.9 Å². The molecule has 1 unspecified atom stereocenters. The van der Waals surface area contributed by atoms with Crippen LogP contribution in [0.3, 0.4) is 0 Å². The smallest absolute Gasteiger partial charge is 0.341 e. The van der Waals surface area contributed by atoms with Gasteiger partial charge in [0.15, 0.2) is 0 Å². The normalized spacial score (nSPS) is 21.0. The summed E-state index contributed by atoms with van der Waals surface area (Å²) in [6.07, 6.45) is 9.54. The van der Waals surface area contributed by atoms with Gasteiger partial charge < -0.3 is 4.90 Å². The van der Waals surface area contributed by atoms with Gasteiger partial charge in [-0.3, -0.25) is 9.36 Å². The Morgan fingerprint density at radius 2 is 1.84 bits per heavy atom. The van der Waals surface area contributed by atoms with Gasteiger partial charge in [-0.15, -0.1) is 0 Å². The molecule has 9 heteroatoms. The summed E-state index contributed by atoms with van der Waals surface area (Å²) in [7, 11) is -1.84. The molecule has 2 heterocycles. The van der Waals surface area contributed by atoms with Gasteiger partial charge in [0.1, 0.15) is 6.54 Å². The Morgan fingerprint density at radius 1 is 1.12 bits per heavy atom. The van der Waals surface area contributed by atoms with Crippen molar-refractivity contribution in [2.24, 2.45) is 0 Å². The summed E-state index contributed by atoms with van der Waals surface area (Å²) in [5.74, 6) is -0.132. The standard InChI is InChI=1S/C23H32N4O4S/c1-17-8-6-7-13-27(17)32(30,31)20-11-12-21-18(14-20)15-24-23(29)26(21)16-22(28)25(2)19-9-4-3-5-10-19/h11-12,14-15,17,19H,3-10,13,16H2,1-2H3. The number of rotatable bonds is 5. The number of likely N-dealkylation sites (N-methyl/N-ethyl adjacent to an activating group) is 1. The van der Waals surface area contributed by atoms with Crippen molar-refractivity contribution in [3.05, 3.63) is 34.9 Å². The van der Waals surface area contributed by atoms with Crippen LogP contribution in [-0.4, -0.2) is 58.8 Å². The molecule has 1 saturated carbocycles. The van der Waals surface area contributed by atoms with Crippen LogP contribution in [0.4, 0.5) is 0 Å². The topological polar surface area (TPSA) is 92.6 Å². The maximum absolute atomic E-state index is 13.2. The molecule has 0 N–H and O–H groups in total. The number of hydrogen-bond acceptors (Lipinski definition) is 5. The first-order valence-electron chi connectivity index (χ1n) is 11.6. The molecule has 1 aliphatic carbocycles. The zero-order valence-corrected chi connectivity index (χ0v) is 19.7. The van der Waals surface area contributed by atoms with E-state index in [1.54, 1.807) is 28.4 Å². The third kappa shape index (κ3) is 4.45. The fraction of sp³-hybridized carbons (Fsp3) is 0.609. The molecule has 1 amide bonds. The molecule has 1 aromatic heterocycles. The lowest BCUT2D eigenvalue weighted by Gasteiger charge is -2.32. The SMILES string of the molecule is CC1CCCCN1S(=O)(=O)c1ccc2c(cnc(=O)n2CC(=O)N(C)C2CCCCC2)c1. The first-order chi connectivity index (χ1) is 15.3. The lowest BCUT2D eigenvalue weighted by atomic mass is 9.94. The Labute approximate surface area is 189 Å². The van der Waals surface area contributed by atoms with Crippen molar-refractivity contribution in [3.63, 3.8) is 0 Å². The van der Waals surface area contributed by atoms with Gasteiger partial charge in [0.2, 0.25) is 15.9 Å². The second-order valence-electron chi connectivity index (χ2n) is 9.10. The molecule has 0 radical (unpaired) electrons. The number of fused-ring (bicyclic) bond motifs is 1. The van der Waals surface area contributed by atoms with E-state index in [1.165, 1.54) is 23.3 Å². The zero-order chi connectivity index (χ0) is 22.9. The van der Waals surface area contributed by atoms with E-state index in [1.807, 2.05) is 6.92 Å². The molecular formula is C23H32N4O4S. The van der Waals surface area contributed by atoms with Crippen molar-refractivity contribution in [2.75, 3.05) is 13.6 Å². The second kappa shape index (κ2) is 9.31. The second-order valence-corrected chi connectivity index (χ2v) is 11.0. The third-order valence-electron chi connectivity index (χ3n) is 6.99. The van der Waals surface area contributed by atoms with Gasteiger partial charge in [0, 0.05) is 37.3 Å². The van der Waals surface area contributed by atoms with Crippen LogP contribution >= 0.6 is 0 Å². The minimum absolute atomic E-state index is 0.0375. The number of aromatic nitrogens is 2. The van der Waals surface area contributed by atoms with Crippen LogP contribution in [0.25, 0.3) is 10.9 Å². The third-order valence-corrected chi connectivity index (χ3v) is 9.00. The van der Waals surface area contributed by atoms with E-state index >= 15 is 0 Å². The van der Waals surface area contributed by atoms with Crippen molar-refractivity contribution in [1.82, 2.24) is 18.8 Å². The maximum Gasteiger partial charge on any atom is 0.348 e. The van der Waals surface area contributed by atoms with E-state index in [-0.39, 0.29) is 29.4 Å². The fourth-order valence-corrected chi connectivity index (χ4v) is 6.71. The van der Waals surface area contributed by atoms with E-state index < -0.39 is 15.7 Å². The number of nitrogens with zero attached hydrogens (tertiary/aromatic N) is 4. The average Bonchev–Trinajstić information content (AvgIpc) is 2.80. The lowest BCUT2D eigenvalue weighted by Crippen LogP contribution is -2.42. The van der Waals surface area contributed by atoms with Crippen molar-refractivity contribution in [1.29, 1.82) is 0 Å². The van der Waals surface area contributed by atoms with Gasteiger partial charge in [-0.1, -0.05) is 25.7 Å². The Kier molecular flexibility index (Phi) is 6.67. The predicted molar refractivity (Wildman–Crippen MR) is 123 cm³/mol. The summed E-state index contributed by atoms with van der Waals surface area (Å²) in [6, 6.07) is 4.88. The molecule has 2 aromatic rings. The van der Waals surface area contributed by atoms with E-state index in [2.05, 4.69) is 4.98 Å². The number of amides is 1. The largest absolute Gasteiger partial charge is 0.348 e. The van der Waals surface area contributed by atoms with Crippen molar-refractivity contribution >= 4 is 26.8 Å². The molecule has 1 saturated heterocycles. The van der Waals surface area contributed by atoms with Crippen LogP contribution in [0.15, 0.2) is 34.1 Å². The van der Waals surface area contributed by atoms with Crippen LogP contribution in [0.2, 0.25) is 0 Å². The first-order valence-corrected chi connectivity index (χ1v) is 13.0. The van der Waals surface area contributed by atoms with Crippen LogP contribution in [0.5, 0.6) is 0 Å². The van der Waals surface area contributed by atoms with Gasteiger partial charge in [0.25, 0.3) is 0 Å². The van der Waals surface area contributed by atoms with Crippen LogP contribution in [-0.2, 0) is 21.4 Å². The van der Waals surface area contributed by atoms with Gasteiger partial charge in [-0.05, 0) is 50.8 Å². The van der Waals surface area contributed by atoms with Crippen molar-refractivity contribution in [2.45, 2.75) is 81.8 Å². The molecule has 1 aromatic carbocycles. The number of carbonyl (C=O) groups is 1. The fourth-order valence-electron chi connectivity index (χ4n) is 4.98. The zero-order valence-electron chi connectivity index (χ0n) is 18.9. The summed E-state index contributed by atoms with van der Waals surface area (Å²) in [4.78, 5) is 31.3. The highest BCUT2D eigenvalue weighted by Crippen LogP contribution is 2.27. The van der Waals surface area contributed by atoms with E-state index in [0.29, 0.717) is 17.4 Å². The molecule has 4 rings (SSSR count). The molecule has 174 valence electrons. The van der Waals surface area contributed by atoms with Crippen LogP contribution < -0.4 is 5.69 Å². The summed E-state index contributed by atoms with van der Waals surface area (Å²) in [5, 5.41) is 0.531. The molecule has 0 bridgehead atoms. The molecule has 2 aliphatic rings. The monoisotopic (exact) mass is 460 g/mol. The maximum atomic E-state index is 13.2. The average molecular weight is 461 g/mol. The Balaban J connectivity index is 1.63. The summed E-state index contributed by atoms with van der Waals surface area (Å²) in [5.41, 5.74) is 0.00388. The minimum Gasteiger partial charge on any atom is -0.341 e. The van der Waals surface area contributed by atoms with Crippen molar-refractivity contribution < 1.29 is 13.2 Å². The van der Waals surface area contributed by atoms with Gasteiger partial charge in [0.05, 0.1) is 10.4 Å². The van der Waals surface area contributed by atoms with E-state index in [9.17, 15) is 18.0 Å². The molecule has 32 heavy (non-hydrogen) atoms. The first kappa shape index (κ1) is 22.9. The number of piperidine rings is 1. The minimum atomic E-state index is -3.63. The molecule has 1 aliphatic heterocycles. The highest BCUT2D eigenvalue weighted by molar-refractivity contribution is 7.89. The molecule has 2 fully saturated rings. The quantitative estimate of drug-likeness (QED) is 0.684. The van der Waals surface area contributed by atoms with Gasteiger partial charge in [-0.25, -0.2) is 18.2 Å². The van der Waals surface area contributed by atoms with E-state index in [4.69, 9.17) is 0 Å². The summed E-state index contributed by atoms with van der Waals surface area (Å²) >= 11 is 0. The Morgan fingerprint density at radius 3 is 2.56 bits per heavy atom. The highest BCUT2D eigenvalue weighted by atomic mass is 32.2. The lowest BCUT2D eigenvalue weighted by molar-refractivity contribution is -0.133. The number of sulfonamides is 1. The number of carbonyl (C=O) groups excluding carboxylic acids is 1. The Bertz CT molecular complexity index is 1150. The summed E-state index contributed by atoms with van der Waals surface area (Å²) in [6.45, 7) is 2.35. The van der Waals surface area contributed by atoms with Gasteiger partial charge >= 0.3 is 5.69 Å². The molecule has 8 nitrogen and oxygen atoms in total. The van der Waals surface area contributed by atoms with Gasteiger partial charge in [-0.2, -0.15) is 4.31 Å². The highest BCUT2D eigenvalue weighted by Gasteiger charge is 2.31. The molecule has 0 spiro atoms. The van der Waals surface area contributed by atoms with Crippen molar-refractivity contribution in [3.8, 4) is 0 Å². The molecular weight excluding hydrogens is 428 g/mol. The number of hydrogen-bond donors (Lipinski definition) is 0. The van der Waals surface area contributed by atoms with Crippen LogP contribution in [0, 0.1) is 0 Å². The Hall–Kier alpha value is -2.26.